The van der Waals surface area contributed by atoms with Gasteiger partial charge >= 0.3 is 0 Å². The van der Waals surface area contributed by atoms with E-state index in [-0.39, 0.29) is 16.4 Å². The number of thiocarbonyl (C=S) groups is 1. The quantitative estimate of drug-likeness (QED) is 0.417. The van der Waals surface area contributed by atoms with Crippen LogP contribution in [-0.4, -0.2) is 40.8 Å². The summed E-state index contributed by atoms with van der Waals surface area (Å²) in [5.74, 6) is -0.0190. The van der Waals surface area contributed by atoms with E-state index >= 15 is 0 Å². The number of nitrogens with zero attached hydrogens (tertiary/aromatic N) is 2. The number of likely N-dealkylation sites (N-methyl/N-ethyl adjacent to an activating group) is 2. The van der Waals surface area contributed by atoms with Crippen LogP contribution in [0, 0.1) is 0 Å². The Bertz CT molecular complexity index is 753. The zero-order chi connectivity index (χ0) is 16.0. The fourth-order valence-corrected chi connectivity index (χ4v) is 2.63. The Hall–Kier alpha value is -2.47. The molecule has 2 amide bonds. The second kappa shape index (κ2) is 5.06. The summed E-state index contributed by atoms with van der Waals surface area (Å²) in [6.45, 7) is 1.91. The van der Waals surface area contributed by atoms with Crippen LogP contribution in [0.5, 0.6) is 5.75 Å². The maximum absolute atomic E-state index is 12.4. The first-order chi connectivity index (χ1) is 10.4. The highest BCUT2D eigenvalue weighted by atomic mass is 32.1. The van der Waals surface area contributed by atoms with Gasteiger partial charge in [-0.2, -0.15) is 0 Å². The monoisotopic (exact) mass is 314 g/mol. The van der Waals surface area contributed by atoms with Crippen molar-refractivity contribution in [2.75, 3.05) is 14.1 Å². The van der Waals surface area contributed by atoms with Gasteiger partial charge in [0.1, 0.15) is 17.1 Å². The molecule has 1 fully saturated rings. The SMILES string of the molecule is CC1=CC(=C2C(=O)N(C)C(=S)N(C)C2=O)Oc2ccccc21. The van der Waals surface area contributed by atoms with E-state index in [2.05, 4.69) is 0 Å². The molecule has 3 rings (SSSR count). The molecule has 0 spiro atoms. The number of fused-ring (bicyclic) bond motifs is 1. The lowest BCUT2D eigenvalue weighted by atomic mass is 10.0. The summed E-state index contributed by atoms with van der Waals surface area (Å²) in [7, 11) is 3.09. The molecule has 0 radical (unpaired) electrons. The number of ether oxygens (including phenoxy) is 1. The number of para-hydroxylation sites is 1. The maximum atomic E-state index is 12.4. The highest BCUT2D eigenvalue weighted by Crippen LogP contribution is 2.34. The number of carbonyl (C=O) groups excluding carboxylic acids is 2. The van der Waals surface area contributed by atoms with Crippen LogP contribution in [0.2, 0.25) is 0 Å². The molecule has 0 N–H and O–H groups in total. The molecular weight excluding hydrogens is 300 g/mol. The van der Waals surface area contributed by atoms with Crippen molar-refractivity contribution in [1.29, 1.82) is 0 Å². The zero-order valence-corrected chi connectivity index (χ0v) is 13.2. The number of rotatable bonds is 0. The molecule has 1 aromatic rings. The van der Waals surface area contributed by atoms with E-state index in [1.54, 1.807) is 20.2 Å². The minimum absolute atomic E-state index is 0.00699. The highest BCUT2D eigenvalue weighted by molar-refractivity contribution is 7.80. The van der Waals surface area contributed by atoms with Gasteiger partial charge in [-0.3, -0.25) is 19.4 Å². The van der Waals surface area contributed by atoms with E-state index in [4.69, 9.17) is 17.0 Å². The van der Waals surface area contributed by atoms with Crippen LogP contribution in [0.25, 0.3) is 5.57 Å². The molecule has 2 aliphatic rings. The van der Waals surface area contributed by atoms with Crippen LogP contribution in [0.3, 0.4) is 0 Å². The number of hydrogen-bond acceptors (Lipinski definition) is 4. The molecule has 6 heteroatoms. The van der Waals surface area contributed by atoms with E-state index in [0.717, 1.165) is 11.1 Å². The second-order valence-electron chi connectivity index (χ2n) is 5.18. The van der Waals surface area contributed by atoms with E-state index in [1.165, 1.54) is 9.80 Å². The van der Waals surface area contributed by atoms with Crippen molar-refractivity contribution in [2.45, 2.75) is 6.92 Å². The molecule has 0 unspecified atom stereocenters. The lowest BCUT2D eigenvalue weighted by Gasteiger charge is -2.33. The van der Waals surface area contributed by atoms with Crippen molar-refractivity contribution in [2.24, 2.45) is 0 Å². The van der Waals surface area contributed by atoms with Gasteiger partial charge in [0.15, 0.2) is 5.11 Å². The third kappa shape index (κ3) is 2.03. The standard InChI is InChI=1S/C16H14N2O3S/c1-9-8-12(21-11-7-5-4-6-10(9)11)13-14(19)17(2)16(22)18(3)15(13)20/h4-8H,1-3H3. The van der Waals surface area contributed by atoms with Crippen LogP contribution in [0.15, 0.2) is 41.7 Å². The fourth-order valence-electron chi connectivity index (χ4n) is 2.46. The highest BCUT2D eigenvalue weighted by Gasteiger charge is 2.39. The number of hydrogen-bond donors (Lipinski definition) is 0. The van der Waals surface area contributed by atoms with Gasteiger partial charge in [0, 0.05) is 19.7 Å². The fraction of sp³-hybridized carbons (Fsp3) is 0.188. The van der Waals surface area contributed by atoms with Crippen LogP contribution in [-0.2, 0) is 9.59 Å². The molecule has 0 bridgehead atoms. The summed E-state index contributed by atoms with van der Waals surface area (Å²) in [5, 5.41) is 0.177. The summed E-state index contributed by atoms with van der Waals surface area (Å²) >= 11 is 5.08. The van der Waals surface area contributed by atoms with Gasteiger partial charge in [-0.25, -0.2) is 0 Å². The molecule has 1 saturated heterocycles. The molecule has 2 aliphatic heterocycles. The minimum atomic E-state index is -0.452. The van der Waals surface area contributed by atoms with Gasteiger partial charge in [0.25, 0.3) is 11.8 Å². The topological polar surface area (TPSA) is 49.9 Å². The Balaban J connectivity index is 2.15. The normalized spacial score (nSPS) is 18.3. The minimum Gasteiger partial charge on any atom is -0.456 e. The van der Waals surface area contributed by atoms with Crippen LogP contribution in [0.4, 0.5) is 0 Å². The van der Waals surface area contributed by atoms with Crippen molar-refractivity contribution in [3.63, 3.8) is 0 Å². The molecule has 22 heavy (non-hydrogen) atoms. The third-order valence-corrected chi connectivity index (χ3v) is 4.28. The molecule has 0 aliphatic carbocycles. The van der Waals surface area contributed by atoms with Crippen molar-refractivity contribution in [3.8, 4) is 5.75 Å². The predicted molar refractivity (Wildman–Crippen MR) is 85.9 cm³/mol. The van der Waals surface area contributed by atoms with Crippen LogP contribution < -0.4 is 4.74 Å². The van der Waals surface area contributed by atoms with Gasteiger partial charge in [0.2, 0.25) is 0 Å². The maximum Gasteiger partial charge on any atom is 0.269 e. The smallest absolute Gasteiger partial charge is 0.269 e. The number of carbonyl (C=O) groups is 2. The molecular formula is C16H14N2O3S. The van der Waals surface area contributed by atoms with Crippen LogP contribution >= 0.6 is 12.2 Å². The molecule has 2 heterocycles. The predicted octanol–water partition coefficient (Wildman–Crippen LogP) is 1.95. The largest absolute Gasteiger partial charge is 0.456 e. The number of allylic oxidation sites excluding steroid dienone is 2. The van der Waals surface area contributed by atoms with Gasteiger partial charge in [-0.1, -0.05) is 18.2 Å². The van der Waals surface area contributed by atoms with Crippen molar-refractivity contribution >= 4 is 34.7 Å². The first-order valence-corrected chi connectivity index (χ1v) is 7.12. The number of benzene rings is 1. The Morgan fingerprint density at radius 2 is 1.64 bits per heavy atom. The average molecular weight is 314 g/mol. The molecule has 0 aromatic heterocycles. The lowest BCUT2D eigenvalue weighted by Crippen LogP contribution is -2.53. The van der Waals surface area contributed by atoms with Gasteiger partial charge in [-0.15, -0.1) is 0 Å². The summed E-state index contributed by atoms with van der Waals surface area (Å²) in [6.07, 6.45) is 1.71. The van der Waals surface area contributed by atoms with Crippen molar-refractivity contribution < 1.29 is 14.3 Å². The van der Waals surface area contributed by atoms with E-state index < -0.39 is 11.8 Å². The molecule has 0 atom stereocenters. The van der Waals surface area contributed by atoms with E-state index in [0.29, 0.717) is 5.75 Å². The lowest BCUT2D eigenvalue weighted by molar-refractivity contribution is -0.132. The summed E-state index contributed by atoms with van der Waals surface area (Å²) in [4.78, 5) is 27.4. The second-order valence-corrected chi connectivity index (χ2v) is 5.54. The number of amides is 2. The molecule has 112 valence electrons. The summed E-state index contributed by atoms with van der Waals surface area (Å²) in [5.41, 5.74) is 1.87. The van der Waals surface area contributed by atoms with Gasteiger partial charge in [0.05, 0.1) is 0 Å². The van der Waals surface area contributed by atoms with E-state index in [1.807, 2.05) is 31.2 Å². The Kier molecular flexibility index (Phi) is 3.33. The Labute approximate surface area is 133 Å². The summed E-state index contributed by atoms with van der Waals surface area (Å²) in [6, 6.07) is 7.49. The Morgan fingerprint density at radius 1 is 1.05 bits per heavy atom. The van der Waals surface area contributed by atoms with Crippen LogP contribution in [0.1, 0.15) is 12.5 Å². The van der Waals surface area contributed by atoms with Crippen molar-refractivity contribution in [1.82, 2.24) is 9.80 Å². The van der Waals surface area contributed by atoms with E-state index in [9.17, 15) is 9.59 Å². The molecule has 0 saturated carbocycles. The first kappa shape index (κ1) is 14.5. The van der Waals surface area contributed by atoms with Crippen molar-refractivity contribution in [3.05, 3.63) is 47.2 Å². The average Bonchev–Trinajstić information content (AvgIpc) is 2.51. The van der Waals surface area contributed by atoms with Gasteiger partial charge < -0.3 is 4.74 Å². The third-order valence-electron chi connectivity index (χ3n) is 3.74. The van der Waals surface area contributed by atoms with Gasteiger partial charge in [-0.05, 0) is 36.9 Å². The zero-order valence-electron chi connectivity index (χ0n) is 12.4. The first-order valence-electron chi connectivity index (χ1n) is 6.71. The molecule has 5 nitrogen and oxygen atoms in total. The molecule has 1 aromatic carbocycles. The Morgan fingerprint density at radius 3 is 2.27 bits per heavy atom. The summed E-state index contributed by atoms with van der Waals surface area (Å²) < 4.78 is 5.78.